The molecule has 21 heavy (non-hydrogen) atoms. The fourth-order valence-electron chi connectivity index (χ4n) is 2.36. The van der Waals surface area contributed by atoms with Crippen LogP contribution in [-0.4, -0.2) is 45.3 Å². The number of nitrogens with zero attached hydrogens (tertiary/aromatic N) is 1. The molecule has 0 aliphatic heterocycles. The first-order chi connectivity index (χ1) is 10.0. The predicted octanol–water partition coefficient (Wildman–Crippen LogP) is 3.11. The van der Waals surface area contributed by atoms with E-state index in [4.69, 9.17) is 4.74 Å². The molecule has 0 fully saturated rings. The molecule has 0 aliphatic rings. The molecule has 1 aromatic carbocycles. The lowest BCUT2D eigenvalue weighted by atomic mass is 10.00. The van der Waals surface area contributed by atoms with E-state index in [1.165, 1.54) is 11.1 Å². The standard InChI is InChI=1S/C18H32N2O/c1-15(2)14-17-6-8-18(9-7-17)16(3)19-10-11-20(4)12-13-21-5/h6-9,15-16,19H,10-14H2,1-5H3. The Morgan fingerprint density at radius 2 is 1.76 bits per heavy atom. The summed E-state index contributed by atoms with van der Waals surface area (Å²) < 4.78 is 5.09. The van der Waals surface area contributed by atoms with Gasteiger partial charge in [0.05, 0.1) is 6.61 Å². The molecule has 1 aromatic rings. The van der Waals surface area contributed by atoms with Crippen LogP contribution < -0.4 is 5.32 Å². The van der Waals surface area contributed by atoms with Crippen LogP contribution in [0.2, 0.25) is 0 Å². The quantitative estimate of drug-likeness (QED) is 0.717. The first-order valence-electron chi connectivity index (χ1n) is 8.02. The van der Waals surface area contributed by atoms with E-state index in [9.17, 15) is 0 Å². The average Bonchev–Trinajstić information content (AvgIpc) is 2.45. The molecule has 0 radical (unpaired) electrons. The summed E-state index contributed by atoms with van der Waals surface area (Å²) in [6.45, 7) is 10.6. The molecule has 0 saturated carbocycles. The topological polar surface area (TPSA) is 24.5 Å². The molecule has 1 unspecified atom stereocenters. The SMILES string of the molecule is COCCN(C)CCNC(C)c1ccc(CC(C)C)cc1. The smallest absolute Gasteiger partial charge is 0.0589 e. The summed E-state index contributed by atoms with van der Waals surface area (Å²) >= 11 is 0. The van der Waals surface area contributed by atoms with Gasteiger partial charge in [0.2, 0.25) is 0 Å². The lowest BCUT2D eigenvalue weighted by molar-refractivity contribution is 0.161. The van der Waals surface area contributed by atoms with Crippen molar-refractivity contribution in [2.45, 2.75) is 33.2 Å². The molecular weight excluding hydrogens is 260 g/mol. The van der Waals surface area contributed by atoms with E-state index >= 15 is 0 Å². The van der Waals surface area contributed by atoms with Crippen molar-refractivity contribution in [2.75, 3.05) is 40.4 Å². The van der Waals surface area contributed by atoms with Crippen molar-refractivity contribution >= 4 is 0 Å². The van der Waals surface area contributed by atoms with Crippen LogP contribution in [0.25, 0.3) is 0 Å². The van der Waals surface area contributed by atoms with Gasteiger partial charge in [-0.2, -0.15) is 0 Å². The van der Waals surface area contributed by atoms with Gasteiger partial charge in [0.25, 0.3) is 0 Å². The zero-order valence-corrected chi connectivity index (χ0v) is 14.4. The van der Waals surface area contributed by atoms with Crippen molar-refractivity contribution in [3.8, 4) is 0 Å². The Bertz CT molecular complexity index is 375. The number of hydrogen-bond acceptors (Lipinski definition) is 3. The van der Waals surface area contributed by atoms with Gasteiger partial charge < -0.3 is 15.0 Å². The highest BCUT2D eigenvalue weighted by atomic mass is 16.5. The van der Waals surface area contributed by atoms with Crippen molar-refractivity contribution in [1.29, 1.82) is 0 Å². The summed E-state index contributed by atoms with van der Waals surface area (Å²) in [6.07, 6.45) is 1.16. The Balaban J connectivity index is 2.33. The van der Waals surface area contributed by atoms with Crippen LogP contribution >= 0.6 is 0 Å². The molecule has 0 aromatic heterocycles. The maximum absolute atomic E-state index is 5.09. The Hall–Kier alpha value is -0.900. The van der Waals surface area contributed by atoms with Gasteiger partial charge in [0.15, 0.2) is 0 Å². The summed E-state index contributed by atoms with van der Waals surface area (Å²) in [5, 5.41) is 3.58. The minimum Gasteiger partial charge on any atom is -0.383 e. The second kappa shape index (κ2) is 9.93. The van der Waals surface area contributed by atoms with Crippen LogP contribution in [0.3, 0.4) is 0 Å². The monoisotopic (exact) mass is 292 g/mol. The molecule has 3 nitrogen and oxygen atoms in total. The molecule has 1 atom stereocenters. The number of methoxy groups -OCH3 is 1. The molecule has 0 spiro atoms. The number of benzene rings is 1. The third-order valence-corrected chi connectivity index (χ3v) is 3.74. The maximum atomic E-state index is 5.09. The summed E-state index contributed by atoms with van der Waals surface area (Å²) in [7, 11) is 3.88. The first-order valence-corrected chi connectivity index (χ1v) is 8.02. The van der Waals surface area contributed by atoms with Crippen LogP contribution in [0.1, 0.15) is 37.9 Å². The van der Waals surface area contributed by atoms with Gasteiger partial charge in [0.1, 0.15) is 0 Å². The van der Waals surface area contributed by atoms with E-state index < -0.39 is 0 Å². The molecule has 0 heterocycles. The molecule has 120 valence electrons. The second-order valence-corrected chi connectivity index (χ2v) is 6.31. The highest BCUT2D eigenvalue weighted by molar-refractivity contribution is 5.25. The van der Waals surface area contributed by atoms with Crippen molar-refractivity contribution in [2.24, 2.45) is 5.92 Å². The molecule has 1 rings (SSSR count). The van der Waals surface area contributed by atoms with Gasteiger partial charge >= 0.3 is 0 Å². The van der Waals surface area contributed by atoms with E-state index in [-0.39, 0.29) is 0 Å². The minimum absolute atomic E-state index is 0.397. The highest BCUT2D eigenvalue weighted by Gasteiger charge is 2.06. The van der Waals surface area contributed by atoms with Gasteiger partial charge in [-0.05, 0) is 37.4 Å². The van der Waals surface area contributed by atoms with Crippen LogP contribution in [0.5, 0.6) is 0 Å². The molecular formula is C18H32N2O. The zero-order valence-electron chi connectivity index (χ0n) is 14.4. The van der Waals surface area contributed by atoms with E-state index in [0.29, 0.717) is 12.0 Å². The average molecular weight is 292 g/mol. The van der Waals surface area contributed by atoms with Gasteiger partial charge in [-0.15, -0.1) is 0 Å². The number of rotatable bonds is 10. The van der Waals surface area contributed by atoms with Crippen molar-refractivity contribution in [3.05, 3.63) is 35.4 Å². The van der Waals surface area contributed by atoms with Crippen molar-refractivity contribution in [3.63, 3.8) is 0 Å². The molecule has 1 N–H and O–H groups in total. The van der Waals surface area contributed by atoms with Gasteiger partial charge in [-0.1, -0.05) is 38.1 Å². The van der Waals surface area contributed by atoms with Crippen molar-refractivity contribution < 1.29 is 4.74 Å². The van der Waals surface area contributed by atoms with Gasteiger partial charge in [-0.3, -0.25) is 0 Å². The summed E-state index contributed by atoms with van der Waals surface area (Å²) in [6, 6.07) is 9.43. The maximum Gasteiger partial charge on any atom is 0.0589 e. The number of ether oxygens (including phenoxy) is 1. The second-order valence-electron chi connectivity index (χ2n) is 6.31. The van der Waals surface area contributed by atoms with Crippen LogP contribution in [0, 0.1) is 5.92 Å². The number of nitrogens with one attached hydrogen (secondary N) is 1. The fourth-order valence-corrected chi connectivity index (χ4v) is 2.36. The van der Waals surface area contributed by atoms with Gasteiger partial charge in [-0.25, -0.2) is 0 Å². The summed E-state index contributed by atoms with van der Waals surface area (Å²) in [5.74, 6) is 0.717. The lowest BCUT2D eigenvalue weighted by Gasteiger charge is -2.19. The zero-order chi connectivity index (χ0) is 15.7. The van der Waals surface area contributed by atoms with E-state index in [0.717, 1.165) is 32.7 Å². The Kier molecular flexibility index (Phi) is 8.58. The molecule has 3 heteroatoms. The Morgan fingerprint density at radius 3 is 2.33 bits per heavy atom. The highest BCUT2D eigenvalue weighted by Crippen LogP contribution is 2.15. The molecule has 0 saturated heterocycles. The van der Waals surface area contributed by atoms with Gasteiger partial charge in [0, 0.05) is 32.8 Å². The third kappa shape index (κ3) is 7.60. The summed E-state index contributed by atoms with van der Waals surface area (Å²) in [5.41, 5.74) is 2.79. The molecule has 0 bridgehead atoms. The Labute approximate surface area is 130 Å². The third-order valence-electron chi connectivity index (χ3n) is 3.74. The largest absolute Gasteiger partial charge is 0.383 e. The molecule has 0 amide bonds. The lowest BCUT2D eigenvalue weighted by Crippen LogP contribution is -2.32. The fraction of sp³-hybridized carbons (Fsp3) is 0.667. The summed E-state index contributed by atoms with van der Waals surface area (Å²) in [4.78, 5) is 2.29. The van der Waals surface area contributed by atoms with Crippen molar-refractivity contribution in [1.82, 2.24) is 10.2 Å². The number of hydrogen-bond donors (Lipinski definition) is 1. The normalized spacial score (nSPS) is 13.1. The predicted molar refractivity (Wildman–Crippen MR) is 90.8 cm³/mol. The van der Waals surface area contributed by atoms with Crippen LogP contribution in [-0.2, 0) is 11.2 Å². The molecule has 0 aliphatic carbocycles. The van der Waals surface area contributed by atoms with E-state index in [2.05, 4.69) is 62.3 Å². The van der Waals surface area contributed by atoms with E-state index in [1.807, 2.05) is 0 Å². The Morgan fingerprint density at radius 1 is 1.10 bits per heavy atom. The minimum atomic E-state index is 0.397. The van der Waals surface area contributed by atoms with Crippen LogP contribution in [0.15, 0.2) is 24.3 Å². The van der Waals surface area contributed by atoms with E-state index in [1.54, 1.807) is 7.11 Å². The number of likely N-dealkylation sites (N-methyl/N-ethyl adjacent to an activating group) is 1. The van der Waals surface area contributed by atoms with Crippen LogP contribution in [0.4, 0.5) is 0 Å². The first kappa shape index (κ1) is 18.1.